The summed E-state index contributed by atoms with van der Waals surface area (Å²) in [5.74, 6) is 0.676. The molecule has 0 bridgehead atoms. The maximum absolute atomic E-state index is 13.5. The first-order valence-corrected chi connectivity index (χ1v) is 9.91. The van der Waals surface area contributed by atoms with Crippen molar-refractivity contribution in [2.24, 2.45) is 0 Å². The van der Waals surface area contributed by atoms with Gasteiger partial charge in [0.05, 0.1) is 0 Å². The number of nitrogens with one attached hydrogen (secondary N) is 1. The van der Waals surface area contributed by atoms with Crippen molar-refractivity contribution < 1.29 is 27.4 Å². The summed E-state index contributed by atoms with van der Waals surface area (Å²) in [4.78, 5) is 13.6. The van der Waals surface area contributed by atoms with Gasteiger partial charge in [-0.1, -0.05) is 29.8 Å². The van der Waals surface area contributed by atoms with Crippen molar-refractivity contribution in [3.05, 3.63) is 59.6 Å². The number of alkyl halides is 3. The number of ether oxygens (including phenoxy) is 2. The van der Waals surface area contributed by atoms with Crippen LogP contribution < -0.4 is 10.1 Å². The molecule has 10 heteroatoms. The zero-order chi connectivity index (χ0) is 21.6. The molecule has 1 fully saturated rings. The van der Waals surface area contributed by atoms with E-state index in [-0.39, 0.29) is 18.5 Å². The van der Waals surface area contributed by atoms with E-state index in [1.165, 1.54) is 24.3 Å². The maximum atomic E-state index is 13.5. The molecule has 0 aliphatic carbocycles. The largest absolute Gasteiger partial charge is 0.489 e. The van der Waals surface area contributed by atoms with E-state index >= 15 is 0 Å². The smallest absolute Gasteiger partial charge is 0.426 e. The minimum atomic E-state index is -4.69. The lowest BCUT2D eigenvalue weighted by Crippen LogP contribution is -2.49. The van der Waals surface area contributed by atoms with Crippen LogP contribution >= 0.6 is 24.0 Å². The second kappa shape index (κ2) is 11.5. The lowest BCUT2D eigenvalue weighted by atomic mass is 10.1. The SMILES string of the molecule is Cl.O=C(Nc1ccc(Cl)cc1)OC(CN1CCC[C@H](Oc2ccccc2)C1)C(F)(F)F. The van der Waals surface area contributed by atoms with Crippen LogP contribution in [0.1, 0.15) is 12.8 Å². The molecular weight excluding hydrogens is 456 g/mol. The van der Waals surface area contributed by atoms with E-state index < -0.39 is 24.9 Å². The predicted molar refractivity (Wildman–Crippen MR) is 115 cm³/mol. The van der Waals surface area contributed by atoms with Gasteiger partial charge in [0.1, 0.15) is 11.9 Å². The molecule has 2 aromatic rings. The van der Waals surface area contributed by atoms with Gasteiger partial charge in [0, 0.05) is 23.8 Å². The Balaban J connectivity index is 0.00000341. The molecule has 0 radical (unpaired) electrons. The minimum absolute atomic E-state index is 0. The maximum Gasteiger partial charge on any atom is 0.426 e. The van der Waals surface area contributed by atoms with Crippen LogP contribution in [0.3, 0.4) is 0 Å². The van der Waals surface area contributed by atoms with Gasteiger partial charge in [0.2, 0.25) is 6.10 Å². The van der Waals surface area contributed by atoms with Gasteiger partial charge >= 0.3 is 12.3 Å². The number of halogens is 5. The molecule has 2 aromatic carbocycles. The van der Waals surface area contributed by atoms with Crippen molar-refractivity contribution in [1.82, 2.24) is 4.90 Å². The molecule has 0 saturated carbocycles. The third-order valence-electron chi connectivity index (χ3n) is 4.64. The fraction of sp³-hybridized carbons (Fsp3) is 0.381. The molecule has 1 aliphatic heterocycles. The molecule has 1 unspecified atom stereocenters. The highest BCUT2D eigenvalue weighted by Crippen LogP contribution is 2.26. The molecular formula is C21H23Cl2F3N2O3. The number of likely N-dealkylation sites (tertiary alicyclic amines) is 1. The molecule has 2 atom stereocenters. The second-order valence-electron chi connectivity index (χ2n) is 7.02. The lowest BCUT2D eigenvalue weighted by Gasteiger charge is -2.35. The number of hydrogen-bond acceptors (Lipinski definition) is 4. The first kappa shape index (κ1) is 25.1. The minimum Gasteiger partial charge on any atom is -0.489 e. The Bertz CT molecular complexity index is 823. The molecule has 0 spiro atoms. The standard InChI is InChI=1S/C21H22ClF3N2O3.ClH/c22-15-8-10-16(11-9-15)26-20(28)30-19(21(23,24)25)14-27-12-4-7-18(13-27)29-17-5-2-1-3-6-17;/h1-3,5-6,8-11,18-19H,4,7,12-14H2,(H,26,28);1H/t18-,19?;/m0./s1. The van der Waals surface area contributed by atoms with Crippen molar-refractivity contribution in [2.75, 3.05) is 25.0 Å². The Morgan fingerprint density at radius 2 is 1.84 bits per heavy atom. The fourth-order valence-corrected chi connectivity index (χ4v) is 3.34. The van der Waals surface area contributed by atoms with Gasteiger partial charge in [0.15, 0.2) is 0 Å². The van der Waals surface area contributed by atoms with Crippen molar-refractivity contribution in [3.63, 3.8) is 0 Å². The van der Waals surface area contributed by atoms with Crippen molar-refractivity contribution in [3.8, 4) is 5.75 Å². The van der Waals surface area contributed by atoms with Crippen LogP contribution in [0.5, 0.6) is 5.75 Å². The van der Waals surface area contributed by atoms with Gasteiger partial charge in [0.25, 0.3) is 0 Å². The number of carbonyl (C=O) groups is 1. The Morgan fingerprint density at radius 3 is 2.48 bits per heavy atom. The molecule has 1 heterocycles. The average molecular weight is 479 g/mol. The van der Waals surface area contributed by atoms with E-state index in [0.717, 1.165) is 6.42 Å². The van der Waals surface area contributed by atoms with E-state index in [9.17, 15) is 18.0 Å². The Labute approximate surface area is 189 Å². The molecule has 1 saturated heterocycles. The lowest BCUT2D eigenvalue weighted by molar-refractivity contribution is -0.207. The highest BCUT2D eigenvalue weighted by molar-refractivity contribution is 6.30. The first-order valence-electron chi connectivity index (χ1n) is 9.53. The Hall–Kier alpha value is -2.16. The normalized spacial score (nSPS) is 17.9. The summed E-state index contributed by atoms with van der Waals surface area (Å²) < 4.78 is 51.1. The number of anilines is 1. The number of benzene rings is 2. The van der Waals surface area contributed by atoms with Crippen LogP contribution in [-0.4, -0.2) is 49.0 Å². The quantitative estimate of drug-likeness (QED) is 0.571. The van der Waals surface area contributed by atoms with Gasteiger partial charge < -0.3 is 9.47 Å². The summed E-state index contributed by atoms with van der Waals surface area (Å²) in [6.07, 6.45) is -6.89. The fourth-order valence-electron chi connectivity index (χ4n) is 3.22. The van der Waals surface area contributed by atoms with Crippen LogP contribution in [-0.2, 0) is 4.74 Å². The molecule has 1 aliphatic rings. The zero-order valence-electron chi connectivity index (χ0n) is 16.5. The third kappa shape index (κ3) is 8.12. The second-order valence-corrected chi connectivity index (χ2v) is 7.46. The molecule has 31 heavy (non-hydrogen) atoms. The van der Waals surface area contributed by atoms with E-state index in [2.05, 4.69) is 5.32 Å². The molecule has 1 N–H and O–H groups in total. The van der Waals surface area contributed by atoms with E-state index in [1.807, 2.05) is 30.3 Å². The molecule has 0 aromatic heterocycles. The molecule has 170 valence electrons. The van der Waals surface area contributed by atoms with Crippen molar-refractivity contribution in [1.29, 1.82) is 0 Å². The van der Waals surface area contributed by atoms with E-state index in [1.54, 1.807) is 4.90 Å². The highest BCUT2D eigenvalue weighted by Gasteiger charge is 2.44. The number of para-hydroxylation sites is 1. The monoisotopic (exact) mass is 478 g/mol. The number of carbonyl (C=O) groups excluding carboxylic acids is 1. The zero-order valence-corrected chi connectivity index (χ0v) is 18.1. The number of amides is 1. The number of rotatable bonds is 6. The summed E-state index contributed by atoms with van der Waals surface area (Å²) in [5.41, 5.74) is 0.291. The summed E-state index contributed by atoms with van der Waals surface area (Å²) in [7, 11) is 0. The molecule has 1 amide bonds. The van der Waals surface area contributed by atoms with Crippen LogP contribution in [0.25, 0.3) is 0 Å². The van der Waals surface area contributed by atoms with Crippen LogP contribution in [0.15, 0.2) is 54.6 Å². The average Bonchev–Trinajstić information content (AvgIpc) is 2.70. The summed E-state index contributed by atoms with van der Waals surface area (Å²) in [5, 5.41) is 2.73. The van der Waals surface area contributed by atoms with Gasteiger partial charge in [-0.05, 0) is 55.8 Å². The molecule has 3 rings (SSSR count). The van der Waals surface area contributed by atoms with Gasteiger partial charge in [-0.15, -0.1) is 12.4 Å². The Morgan fingerprint density at radius 1 is 1.16 bits per heavy atom. The predicted octanol–water partition coefficient (Wildman–Crippen LogP) is 5.78. The third-order valence-corrected chi connectivity index (χ3v) is 4.89. The number of piperidine rings is 1. The molecule has 5 nitrogen and oxygen atoms in total. The van der Waals surface area contributed by atoms with E-state index in [0.29, 0.717) is 36.0 Å². The van der Waals surface area contributed by atoms with Crippen molar-refractivity contribution in [2.45, 2.75) is 31.2 Å². The van der Waals surface area contributed by atoms with Crippen LogP contribution in [0.4, 0.5) is 23.7 Å². The van der Waals surface area contributed by atoms with Crippen LogP contribution in [0, 0.1) is 0 Å². The summed E-state index contributed by atoms with van der Waals surface area (Å²) in [6, 6.07) is 15.1. The topological polar surface area (TPSA) is 50.8 Å². The van der Waals surface area contributed by atoms with Gasteiger partial charge in [-0.25, -0.2) is 4.79 Å². The van der Waals surface area contributed by atoms with Crippen LogP contribution in [0.2, 0.25) is 5.02 Å². The summed E-state index contributed by atoms with van der Waals surface area (Å²) >= 11 is 5.76. The van der Waals surface area contributed by atoms with Gasteiger partial charge in [-0.3, -0.25) is 10.2 Å². The van der Waals surface area contributed by atoms with E-state index in [4.69, 9.17) is 21.1 Å². The first-order chi connectivity index (χ1) is 14.3. The van der Waals surface area contributed by atoms with Gasteiger partial charge in [-0.2, -0.15) is 13.2 Å². The Kier molecular flexibility index (Phi) is 9.28. The highest BCUT2D eigenvalue weighted by atomic mass is 35.5. The summed E-state index contributed by atoms with van der Waals surface area (Å²) in [6.45, 7) is 0.346. The van der Waals surface area contributed by atoms with Crippen molar-refractivity contribution >= 4 is 35.8 Å². The number of hydrogen-bond donors (Lipinski definition) is 1. The number of nitrogens with zero attached hydrogens (tertiary/aromatic N) is 1.